The largest absolute Gasteiger partial charge is 0.486 e. The molecule has 0 bridgehead atoms. The number of nitrogens with one attached hydrogen (secondary N) is 1. The normalized spacial score (nSPS) is 12.0. The number of alkyl carbamates (subject to hydrolysis) is 1. The summed E-state index contributed by atoms with van der Waals surface area (Å²) in [6, 6.07) is 7.45. The van der Waals surface area contributed by atoms with Gasteiger partial charge in [-0.2, -0.15) is 0 Å². The smallest absolute Gasteiger partial charge is 0.408 e. The van der Waals surface area contributed by atoms with Crippen LogP contribution in [0.15, 0.2) is 39.9 Å². The lowest BCUT2D eigenvalue weighted by Crippen LogP contribution is -2.47. The second-order valence-electron chi connectivity index (χ2n) is 5.93. The Hall–Kier alpha value is -3.16. The molecule has 0 fully saturated rings. The fourth-order valence-electron chi connectivity index (χ4n) is 2.27. The van der Waals surface area contributed by atoms with Crippen molar-refractivity contribution >= 4 is 12.1 Å². The average Bonchev–Trinajstić information content (AvgIpc) is 2.61. The molecule has 2 N–H and O–H groups in total. The van der Waals surface area contributed by atoms with E-state index < -0.39 is 29.0 Å². The van der Waals surface area contributed by atoms with E-state index in [9.17, 15) is 24.3 Å². The van der Waals surface area contributed by atoms with E-state index in [0.717, 1.165) is 5.56 Å². The van der Waals surface area contributed by atoms with E-state index in [1.165, 1.54) is 0 Å². The minimum Gasteiger partial charge on any atom is -0.486 e. The summed E-state index contributed by atoms with van der Waals surface area (Å²) in [5, 5.41) is 11.4. The van der Waals surface area contributed by atoms with Gasteiger partial charge in [0.1, 0.15) is 12.6 Å². The molecule has 0 aromatic heterocycles. The van der Waals surface area contributed by atoms with Gasteiger partial charge in [0.25, 0.3) is 5.43 Å². The molecule has 0 unspecified atom stereocenters. The van der Waals surface area contributed by atoms with Crippen LogP contribution in [0.2, 0.25) is 0 Å². The number of carbonyl (C=O) groups is 2. The number of carboxylic acids is 1. The van der Waals surface area contributed by atoms with Crippen LogP contribution in [0.25, 0.3) is 0 Å². The maximum atomic E-state index is 11.8. The second kappa shape index (κ2) is 8.28. The summed E-state index contributed by atoms with van der Waals surface area (Å²) in [6.07, 6.45) is -1.64. The lowest BCUT2D eigenvalue weighted by molar-refractivity contribution is -0.139. The Morgan fingerprint density at radius 3 is 2.35 bits per heavy atom. The fraction of sp³-hybridized carbons (Fsp3) is 0.333. The van der Waals surface area contributed by atoms with Crippen LogP contribution in [0.3, 0.4) is 0 Å². The quantitative estimate of drug-likeness (QED) is 0.673. The van der Waals surface area contributed by atoms with Crippen LogP contribution >= 0.6 is 0 Å². The molecule has 26 heavy (non-hydrogen) atoms. The van der Waals surface area contributed by atoms with E-state index in [0.29, 0.717) is 0 Å². The van der Waals surface area contributed by atoms with Gasteiger partial charge in [-0.3, -0.25) is 9.59 Å². The molecular formula is C18H19NO7. The average molecular weight is 361 g/mol. The maximum Gasteiger partial charge on any atom is 0.408 e. The van der Waals surface area contributed by atoms with E-state index in [2.05, 4.69) is 5.32 Å². The molecule has 0 aliphatic rings. The summed E-state index contributed by atoms with van der Waals surface area (Å²) in [5.74, 6) is -1.50. The number of carboxylic acid groups (broad SMARTS) is 1. The number of rotatable bonds is 8. The second-order valence-corrected chi connectivity index (χ2v) is 5.93. The van der Waals surface area contributed by atoms with Crippen molar-refractivity contribution in [3.05, 3.63) is 61.9 Å². The van der Waals surface area contributed by atoms with Gasteiger partial charge in [0.15, 0.2) is 5.75 Å². The Morgan fingerprint density at radius 1 is 1.12 bits per heavy atom. The highest BCUT2D eigenvalue weighted by Crippen LogP contribution is 2.15. The molecule has 1 amide bonds. The number of carbonyl (C=O) groups excluding carboxylic acids is 1. The van der Waals surface area contributed by atoms with E-state index in [-0.39, 0.29) is 30.4 Å². The summed E-state index contributed by atoms with van der Waals surface area (Å²) in [5.41, 5.74) is -0.889. The Kier molecular flexibility index (Phi) is 6.11. The lowest BCUT2D eigenvalue weighted by Gasteiger charge is -2.18. The van der Waals surface area contributed by atoms with Crippen LogP contribution in [0, 0.1) is 0 Å². The predicted octanol–water partition coefficient (Wildman–Crippen LogP) is 0.992. The molecule has 0 aliphatic heterocycles. The maximum absolute atomic E-state index is 11.8. The molecule has 0 saturated heterocycles. The first-order valence-corrected chi connectivity index (χ1v) is 7.98. The zero-order valence-electron chi connectivity index (χ0n) is 14.4. The molecule has 8 nitrogen and oxygen atoms in total. The number of amides is 1. The Labute approximate surface area is 149 Å². The van der Waals surface area contributed by atoms with Gasteiger partial charge in [-0.15, -0.1) is 0 Å². The monoisotopic (exact) mass is 361 g/mol. The van der Waals surface area contributed by atoms with Gasteiger partial charge in [-0.05, 0) is 19.4 Å². The number of hydrogen-bond donors (Lipinski definition) is 2. The van der Waals surface area contributed by atoms with Gasteiger partial charge in [0.2, 0.25) is 5.43 Å². The Bertz CT molecular complexity index is 850. The van der Waals surface area contributed by atoms with Gasteiger partial charge < -0.3 is 19.9 Å². The topological polar surface area (TPSA) is 119 Å². The first-order chi connectivity index (χ1) is 12.3. The summed E-state index contributed by atoms with van der Waals surface area (Å²) in [7, 11) is 0. The van der Waals surface area contributed by atoms with Crippen LogP contribution in [-0.2, 0) is 22.6 Å². The van der Waals surface area contributed by atoms with Crippen molar-refractivity contribution in [2.24, 2.45) is 0 Å². The summed E-state index contributed by atoms with van der Waals surface area (Å²) < 4.78 is 10.2. The van der Waals surface area contributed by atoms with Crippen LogP contribution in [0.5, 0.6) is 5.75 Å². The molecule has 8 heteroatoms. The zero-order valence-corrected chi connectivity index (χ0v) is 14.4. The van der Waals surface area contributed by atoms with Crippen LogP contribution in [-0.4, -0.2) is 29.3 Å². The van der Waals surface area contributed by atoms with Crippen molar-refractivity contribution < 1.29 is 24.2 Å². The van der Waals surface area contributed by atoms with Crippen molar-refractivity contribution in [1.82, 2.24) is 5.32 Å². The van der Waals surface area contributed by atoms with Crippen molar-refractivity contribution in [2.75, 3.05) is 0 Å². The highest BCUT2D eigenvalue weighted by Gasteiger charge is 2.30. The SMILES string of the molecule is CC(C)Oc1c(C[C@H](NC(=O)OCc2ccccc2)C(=O)O)c(=O)c1=O. The van der Waals surface area contributed by atoms with Crippen LogP contribution < -0.4 is 20.9 Å². The molecule has 0 radical (unpaired) electrons. The molecule has 0 spiro atoms. The van der Waals surface area contributed by atoms with Crippen molar-refractivity contribution in [2.45, 2.75) is 39.0 Å². The lowest BCUT2D eigenvalue weighted by atomic mass is 10.0. The molecule has 0 aliphatic carbocycles. The van der Waals surface area contributed by atoms with E-state index in [1.54, 1.807) is 38.1 Å². The number of benzene rings is 1. The van der Waals surface area contributed by atoms with Gasteiger partial charge in [-0.1, -0.05) is 30.3 Å². The van der Waals surface area contributed by atoms with Gasteiger partial charge in [0, 0.05) is 6.42 Å². The van der Waals surface area contributed by atoms with Crippen molar-refractivity contribution in [1.29, 1.82) is 0 Å². The first-order valence-electron chi connectivity index (χ1n) is 7.98. The van der Waals surface area contributed by atoms with E-state index >= 15 is 0 Å². The molecule has 2 aromatic carbocycles. The summed E-state index contributed by atoms with van der Waals surface area (Å²) >= 11 is 0. The third kappa shape index (κ3) is 4.69. The fourth-order valence-corrected chi connectivity index (χ4v) is 2.27. The standard InChI is InChI=1S/C18H19NO7/c1-10(2)26-16-12(14(20)15(16)21)8-13(17(22)23)19-18(24)25-9-11-6-4-3-5-7-11/h3-7,10,13H,8-9H2,1-2H3,(H,19,24)(H,22,23)/t13-/m0/s1. The third-order valence-corrected chi connectivity index (χ3v) is 3.53. The molecule has 2 aromatic rings. The minimum atomic E-state index is -1.42. The van der Waals surface area contributed by atoms with Crippen LogP contribution in [0.1, 0.15) is 25.0 Å². The minimum absolute atomic E-state index is 0.0269. The predicted molar refractivity (Wildman–Crippen MR) is 92.0 cm³/mol. The molecule has 0 saturated carbocycles. The Balaban J connectivity index is 2.00. The molecule has 0 heterocycles. The Morgan fingerprint density at radius 2 is 1.77 bits per heavy atom. The van der Waals surface area contributed by atoms with Crippen molar-refractivity contribution in [3.63, 3.8) is 0 Å². The first kappa shape index (κ1) is 19.2. The highest BCUT2D eigenvalue weighted by atomic mass is 16.5. The number of hydrogen-bond acceptors (Lipinski definition) is 6. The highest BCUT2D eigenvalue weighted by molar-refractivity contribution is 5.80. The molecule has 138 valence electrons. The van der Waals surface area contributed by atoms with E-state index in [1.807, 2.05) is 6.07 Å². The molecule has 1 atom stereocenters. The zero-order chi connectivity index (χ0) is 19.3. The third-order valence-electron chi connectivity index (χ3n) is 3.53. The van der Waals surface area contributed by atoms with Crippen molar-refractivity contribution in [3.8, 4) is 5.75 Å². The van der Waals surface area contributed by atoms with E-state index in [4.69, 9.17) is 9.47 Å². The van der Waals surface area contributed by atoms with Gasteiger partial charge in [-0.25, -0.2) is 9.59 Å². The number of aliphatic carboxylic acids is 1. The van der Waals surface area contributed by atoms with Crippen LogP contribution in [0.4, 0.5) is 4.79 Å². The summed E-state index contributed by atoms with van der Waals surface area (Å²) in [6.45, 7) is 3.32. The van der Waals surface area contributed by atoms with Gasteiger partial charge >= 0.3 is 12.1 Å². The molecule has 2 rings (SSSR count). The molecular weight excluding hydrogens is 342 g/mol. The number of ether oxygens (including phenoxy) is 2. The van der Waals surface area contributed by atoms with Gasteiger partial charge in [0.05, 0.1) is 11.7 Å². The summed E-state index contributed by atoms with van der Waals surface area (Å²) in [4.78, 5) is 46.4.